The number of anilines is 1. The predicted octanol–water partition coefficient (Wildman–Crippen LogP) is 3.29. The molecule has 0 unspecified atom stereocenters. The van der Waals surface area contributed by atoms with Crippen LogP contribution in [0.1, 0.15) is 38.3 Å². The maximum atomic E-state index is 10.9. The van der Waals surface area contributed by atoms with Crippen LogP contribution in [0.4, 0.5) is 11.5 Å². The molecular formula is C13H19N3O2. The van der Waals surface area contributed by atoms with Crippen molar-refractivity contribution >= 4 is 11.5 Å². The molecular weight excluding hydrogens is 230 g/mol. The Kier molecular flexibility index (Phi) is 3.50. The topological polar surface area (TPSA) is 68.1 Å². The van der Waals surface area contributed by atoms with Crippen LogP contribution in [0.15, 0.2) is 12.1 Å². The van der Waals surface area contributed by atoms with E-state index in [1.807, 2.05) is 6.92 Å². The number of rotatable bonds is 5. The number of nitro groups is 1. The molecule has 0 amide bonds. The van der Waals surface area contributed by atoms with E-state index in [1.54, 1.807) is 6.07 Å². The van der Waals surface area contributed by atoms with Gasteiger partial charge in [0.15, 0.2) is 0 Å². The lowest BCUT2D eigenvalue weighted by Crippen LogP contribution is -2.36. The van der Waals surface area contributed by atoms with Crippen LogP contribution in [-0.2, 0) is 0 Å². The quantitative estimate of drug-likeness (QED) is 0.642. The largest absolute Gasteiger partial charge is 0.364 e. The molecule has 1 heterocycles. The van der Waals surface area contributed by atoms with Crippen LogP contribution >= 0.6 is 0 Å². The van der Waals surface area contributed by atoms with Crippen molar-refractivity contribution in [1.29, 1.82) is 0 Å². The molecule has 1 aliphatic carbocycles. The van der Waals surface area contributed by atoms with Crippen molar-refractivity contribution in [3.8, 4) is 0 Å². The summed E-state index contributed by atoms with van der Waals surface area (Å²) in [6, 6.07) is 3.19. The summed E-state index contributed by atoms with van der Waals surface area (Å²) < 4.78 is 0. The highest BCUT2D eigenvalue weighted by Crippen LogP contribution is 2.43. The molecule has 0 aliphatic heterocycles. The van der Waals surface area contributed by atoms with Crippen LogP contribution < -0.4 is 5.32 Å². The molecule has 18 heavy (non-hydrogen) atoms. The molecule has 98 valence electrons. The fourth-order valence-corrected chi connectivity index (χ4v) is 2.43. The predicted molar refractivity (Wildman–Crippen MR) is 70.7 cm³/mol. The molecule has 1 aromatic heterocycles. The monoisotopic (exact) mass is 249 g/mol. The first-order valence-corrected chi connectivity index (χ1v) is 6.42. The van der Waals surface area contributed by atoms with E-state index < -0.39 is 0 Å². The van der Waals surface area contributed by atoms with Gasteiger partial charge >= 0.3 is 5.69 Å². The third-order valence-corrected chi connectivity index (χ3v) is 4.00. The van der Waals surface area contributed by atoms with Crippen molar-refractivity contribution in [2.75, 3.05) is 11.9 Å². The summed E-state index contributed by atoms with van der Waals surface area (Å²) in [5.74, 6) is 0.403. The fourth-order valence-electron chi connectivity index (χ4n) is 2.43. The van der Waals surface area contributed by atoms with Gasteiger partial charge in [-0.15, -0.1) is 0 Å². The van der Waals surface area contributed by atoms with E-state index in [4.69, 9.17) is 0 Å². The molecule has 1 aromatic rings. The number of hydrogen-bond donors (Lipinski definition) is 1. The first-order valence-electron chi connectivity index (χ1n) is 6.42. The molecule has 5 heteroatoms. The number of nitrogens with one attached hydrogen (secondary N) is 1. The second-order valence-electron chi connectivity index (χ2n) is 5.14. The third-order valence-electron chi connectivity index (χ3n) is 4.00. The zero-order valence-corrected chi connectivity index (χ0v) is 10.9. The molecule has 1 N–H and O–H groups in total. The SMILES string of the molecule is CCC1(CNc2nc(C)ccc2[N+](=O)[O-])CCC1. The van der Waals surface area contributed by atoms with E-state index >= 15 is 0 Å². The molecule has 0 radical (unpaired) electrons. The second-order valence-corrected chi connectivity index (χ2v) is 5.14. The molecule has 2 rings (SSSR count). The van der Waals surface area contributed by atoms with Gasteiger partial charge in [0.1, 0.15) is 0 Å². The number of aryl methyl sites for hydroxylation is 1. The van der Waals surface area contributed by atoms with Gasteiger partial charge in [-0.2, -0.15) is 0 Å². The highest BCUT2D eigenvalue weighted by atomic mass is 16.6. The molecule has 1 aliphatic rings. The van der Waals surface area contributed by atoms with Crippen molar-refractivity contribution in [2.24, 2.45) is 5.41 Å². The summed E-state index contributed by atoms with van der Waals surface area (Å²) in [6.45, 7) is 4.80. The van der Waals surface area contributed by atoms with Gasteiger partial charge in [-0.05, 0) is 37.7 Å². The van der Waals surface area contributed by atoms with Gasteiger partial charge in [-0.25, -0.2) is 4.98 Å². The lowest BCUT2D eigenvalue weighted by atomic mass is 9.67. The zero-order valence-electron chi connectivity index (χ0n) is 10.9. The van der Waals surface area contributed by atoms with Gasteiger partial charge in [-0.1, -0.05) is 13.3 Å². The van der Waals surface area contributed by atoms with Gasteiger partial charge in [-0.3, -0.25) is 10.1 Å². The normalized spacial score (nSPS) is 17.0. The third kappa shape index (κ3) is 2.44. The maximum absolute atomic E-state index is 10.9. The molecule has 5 nitrogen and oxygen atoms in total. The number of pyridine rings is 1. The molecule has 1 fully saturated rings. The van der Waals surface area contributed by atoms with Crippen molar-refractivity contribution in [2.45, 2.75) is 39.5 Å². The van der Waals surface area contributed by atoms with Gasteiger partial charge in [0.05, 0.1) is 4.92 Å². The van der Waals surface area contributed by atoms with E-state index in [2.05, 4.69) is 17.2 Å². The zero-order chi connectivity index (χ0) is 13.2. The summed E-state index contributed by atoms with van der Waals surface area (Å²) >= 11 is 0. The Morgan fingerprint density at radius 1 is 1.50 bits per heavy atom. The van der Waals surface area contributed by atoms with E-state index in [0.717, 1.165) is 18.7 Å². The van der Waals surface area contributed by atoms with Crippen LogP contribution in [0, 0.1) is 22.5 Å². The summed E-state index contributed by atoms with van der Waals surface area (Å²) in [6.07, 6.45) is 4.78. The molecule has 0 aromatic carbocycles. The van der Waals surface area contributed by atoms with Crippen LogP contribution in [0.3, 0.4) is 0 Å². The summed E-state index contributed by atoms with van der Waals surface area (Å²) in [5, 5.41) is 14.1. The first kappa shape index (κ1) is 12.8. The Balaban J connectivity index is 2.12. The van der Waals surface area contributed by atoms with Crippen LogP contribution in [-0.4, -0.2) is 16.5 Å². The number of aromatic nitrogens is 1. The summed E-state index contributed by atoms with van der Waals surface area (Å²) in [4.78, 5) is 14.8. The van der Waals surface area contributed by atoms with E-state index in [9.17, 15) is 10.1 Å². The van der Waals surface area contributed by atoms with Gasteiger partial charge in [0, 0.05) is 18.3 Å². The van der Waals surface area contributed by atoms with Crippen LogP contribution in [0.25, 0.3) is 0 Å². The average molecular weight is 249 g/mol. The first-order chi connectivity index (χ1) is 8.56. The Morgan fingerprint density at radius 2 is 2.22 bits per heavy atom. The smallest absolute Gasteiger partial charge is 0.311 e. The lowest BCUT2D eigenvalue weighted by Gasteiger charge is -2.41. The average Bonchev–Trinajstić information content (AvgIpc) is 2.28. The Labute approximate surface area is 107 Å². The van der Waals surface area contributed by atoms with Crippen molar-refractivity contribution in [1.82, 2.24) is 4.98 Å². The Bertz CT molecular complexity index is 450. The Morgan fingerprint density at radius 3 is 2.72 bits per heavy atom. The van der Waals surface area contributed by atoms with E-state index in [0.29, 0.717) is 11.2 Å². The minimum atomic E-state index is -0.381. The highest BCUT2D eigenvalue weighted by molar-refractivity contribution is 5.56. The number of hydrogen-bond acceptors (Lipinski definition) is 4. The Hall–Kier alpha value is -1.65. The summed E-state index contributed by atoms with van der Waals surface area (Å²) in [5.41, 5.74) is 1.17. The molecule has 1 saturated carbocycles. The second kappa shape index (κ2) is 4.92. The molecule has 0 spiro atoms. The van der Waals surface area contributed by atoms with Gasteiger partial charge in [0.25, 0.3) is 0 Å². The number of nitrogens with zero attached hydrogens (tertiary/aromatic N) is 2. The van der Waals surface area contributed by atoms with Gasteiger partial charge < -0.3 is 5.32 Å². The molecule has 0 bridgehead atoms. The maximum Gasteiger partial charge on any atom is 0.311 e. The molecule has 0 atom stereocenters. The van der Waals surface area contributed by atoms with E-state index in [-0.39, 0.29) is 10.6 Å². The van der Waals surface area contributed by atoms with Crippen molar-refractivity contribution in [3.63, 3.8) is 0 Å². The standard InChI is InChI=1S/C13H19N3O2/c1-3-13(7-4-8-13)9-14-12-11(16(17)18)6-5-10(2)15-12/h5-6H,3-4,7-9H2,1-2H3,(H,14,15). The van der Waals surface area contributed by atoms with Gasteiger partial charge in [0.2, 0.25) is 5.82 Å². The molecule has 0 saturated heterocycles. The van der Waals surface area contributed by atoms with Crippen molar-refractivity contribution < 1.29 is 4.92 Å². The fraction of sp³-hybridized carbons (Fsp3) is 0.615. The van der Waals surface area contributed by atoms with Crippen molar-refractivity contribution in [3.05, 3.63) is 27.9 Å². The highest BCUT2D eigenvalue weighted by Gasteiger charge is 2.35. The van der Waals surface area contributed by atoms with E-state index in [1.165, 1.54) is 25.3 Å². The summed E-state index contributed by atoms with van der Waals surface area (Å²) in [7, 11) is 0. The minimum Gasteiger partial charge on any atom is -0.364 e. The van der Waals surface area contributed by atoms with Crippen LogP contribution in [0.5, 0.6) is 0 Å². The minimum absolute atomic E-state index is 0.0613. The van der Waals surface area contributed by atoms with Crippen LogP contribution in [0.2, 0.25) is 0 Å². The lowest BCUT2D eigenvalue weighted by molar-refractivity contribution is -0.384.